The van der Waals surface area contributed by atoms with E-state index < -0.39 is 23.3 Å². The first-order valence-electron chi connectivity index (χ1n) is 9.62. The molecule has 1 aromatic heterocycles. The van der Waals surface area contributed by atoms with E-state index in [0.29, 0.717) is 30.2 Å². The fourth-order valence-corrected chi connectivity index (χ4v) is 3.52. The van der Waals surface area contributed by atoms with Gasteiger partial charge in [-0.2, -0.15) is 0 Å². The smallest absolute Gasteiger partial charge is 0.339 e. The summed E-state index contributed by atoms with van der Waals surface area (Å²) in [5.41, 5.74) is 0.913. The first-order valence-corrected chi connectivity index (χ1v) is 9.62. The van der Waals surface area contributed by atoms with E-state index in [9.17, 15) is 23.2 Å². The number of hydrogen-bond donors (Lipinski definition) is 2. The Kier molecular flexibility index (Phi) is 5.61. The quantitative estimate of drug-likeness (QED) is 0.664. The Morgan fingerprint density at radius 2 is 1.90 bits per heavy atom. The van der Waals surface area contributed by atoms with Crippen LogP contribution in [0.3, 0.4) is 0 Å². The molecule has 31 heavy (non-hydrogen) atoms. The number of anilines is 1. The molecule has 0 unspecified atom stereocenters. The summed E-state index contributed by atoms with van der Waals surface area (Å²) in [4.78, 5) is 40.2. The first-order chi connectivity index (χ1) is 14.9. The number of piperidine rings is 1. The van der Waals surface area contributed by atoms with Crippen molar-refractivity contribution < 1.29 is 22.9 Å². The molecule has 0 atom stereocenters. The van der Waals surface area contributed by atoms with Gasteiger partial charge in [-0.3, -0.25) is 19.1 Å². The molecule has 2 amide bonds. The molecule has 0 radical (unpaired) electrons. The first kappa shape index (κ1) is 20.5. The highest BCUT2D eigenvalue weighted by Crippen LogP contribution is 2.23. The fraction of sp³-hybridized carbons (Fsp3) is 0.238. The average Bonchev–Trinajstić information content (AvgIpc) is 3.20. The number of amides is 2. The van der Waals surface area contributed by atoms with E-state index in [1.54, 1.807) is 24.3 Å². The lowest BCUT2D eigenvalue weighted by Gasteiger charge is -2.31. The van der Waals surface area contributed by atoms with Crippen LogP contribution >= 0.6 is 0 Å². The van der Waals surface area contributed by atoms with Crippen LogP contribution in [0.2, 0.25) is 0 Å². The third-order valence-electron chi connectivity index (χ3n) is 5.16. The predicted molar refractivity (Wildman–Crippen MR) is 106 cm³/mol. The van der Waals surface area contributed by atoms with Gasteiger partial charge in [-0.15, -0.1) is 0 Å². The minimum absolute atomic E-state index is 0.188. The molecule has 10 heteroatoms. The molecule has 2 heterocycles. The Bertz CT molecular complexity index is 1180. The molecule has 2 aromatic carbocycles. The lowest BCUT2D eigenvalue weighted by molar-refractivity contribution is -0.121. The van der Waals surface area contributed by atoms with E-state index >= 15 is 0 Å². The van der Waals surface area contributed by atoms with Gasteiger partial charge in [0.1, 0.15) is 11.6 Å². The number of likely N-dealkylation sites (tertiary alicyclic amines) is 1. The maximum absolute atomic E-state index is 13.9. The molecule has 8 nitrogen and oxygen atoms in total. The molecule has 1 saturated heterocycles. The summed E-state index contributed by atoms with van der Waals surface area (Å²) in [6.45, 7) is 0.571. The number of nitrogens with one attached hydrogen (secondary N) is 2. The maximum atomic E-state index is 13.9. The van der Waals surface area contributed by atoms with E-state index in [1.165, 1.54) is 4.90 Å². The second-order valence-electron chi connectivity index (χ2n) is 7.20. The van der Waals surface area contributed by atoms with E-state index in [4.69, 9.17) is 0 Å². The highest BCUT2D eigenvalue weighted by Gasteiger charge is 2.29. The Morgan fingerprint density at radius 1 is 1.13 bits per heavy atom. The minimum Gasteiger partial charge on any atom is -0.339 e. The van der Waals surface area contributed by atoms with Crippen molar-refractivity contribution in [2.45, 2.75) is 12.8 Å². The van der Waals surface area contributed by atoms with Gasteiger partial charge < -0.3 is 10.2 Å². The number of H-pyrrole nitrogens is 1. The molecule has 2 N–H and O–H groups in total. The van der Waals surface area contributed by atoms with E-state index in [1.807, 2.05) is 0 Å². The van der Waals surface area contributed by atoms with Gasteiger partial charge in [0.25, 0.3) is 5.91 Å². The van der Waals surface area contributed by atoms with Crippen molar-refractivity contribution >= 4 is 17.5 Å². The second-order valence-corrected chi connectivity index (χ2v) is 7.20. The van der Waals surface area contributed by atoms with Crippen molar-refractivity contribution in [1.29, 1.82) is 0 Å². The lowest BCUT2D eigenvalue weighted by atomic mass is 9.95. The van der Waals surface area contributed by atoms with Crippen LogP contribution in [0.25, 0.3) is 11.4 Å². The maximum Gasteiger partial charge on any atom is 0.439 e. The number of aromatic amines is 1. The highest BCUT2D eigenvalue weighted by molar-refractivity contribution is 5.95. The molecule has 0 saturated carbocycles. The van der Waals surface area contributed by atoms with Crippen molar-refractivity contribution in [1.82, 2.24) is 15.0 Å². The van der Waals surface area contributed by atoms with Crippen LogP contribution < -0.4 is 11.1 Å². The average molecular weight is 428 g/mol. The number of nitrogens with zero attached hydrogens (tertiary/aromatic N) is 2. The summed E-state index contributed by atoms with van der Waals surface area (Å²) < 4.78 is 31.4. The van der Waals surface area contributed by atoms with Gasteiger partial charge in [-0.25, -0.2) is 13.6 Å². The van der Waals surface area contributed by atoms with Gasteiger partial charge in [0.15, 0.2) is 5.82 Å². The van der Waals surface area contributed by atoms with E-state index in [2.05, 4.69) is 20.0 Å². The zero-order valence-electron chi connectivity index (χ0n) is 16.2. The van der Waals surface area contributed by atoms with Gasteiger partial charge in [-0.05, 0) is 37.1 Å². The van der Waals surface area contributed by atoms with Crippen LogP contribution in [0.4, 0.5) is 14.5 Å². The SMILES string of the molecule is O=C(Nc1cccc(-c2noc(=O)[nH]2)c1)C1CCN(C(=O)c2ccc(F)cc2F)CC1. The lowest BCUT2D eigenvalue weighted by Crippen LogP contribution is -2.41. The summed E-state index contributed by atoms with van der Waals surface area (Å²) in [6, 6.07) is 9.62. The largest absolute Gasteiger partial charge is 0.439 e. The number of carbonyl (C=O) groups excluding carboxylic acids is 2. The van der Waals surface area contributed by atoms with Crippen molar-refractivity contribution in [3.63, 3.8) is 0 Å². The number of halogens is 2. The molecule has 1 aliphatic rings. The monoisotopic (exact) mass is 428 g/mol. The number of carbonyl (C=O) groups is 2. The molecule has 4 rings (SSSR count). The molecular formula is C21H18F2N4O4. The zero-order chi connectivity index (χ0) is 22.0. The van der Waals surface area contributed by atoms with Crippen LogP contribution in [0.5, 0.6) is 0 Å². The predicted octanol–water partition coefficient (Wildman–Crippen LogP) is 2.80. The molecule has 0 bridgehead atoms. The molecular weight excluding hydrogens is 410 g/mol. The van der Waals surface area contributed by atoms with Crippen LogP contribution in [-0.4, -0.2) is 39.9 Å². The van der Waals surface area contributed by atoms with Gasteiger partial charge >= 0.3 is 5.76 Å². The summed E-state index contributed by atoms with van der Waals surface area (Å²) >= 11 is 0. The Balaban J connectivity index is 1.36. The van der Waals surface area contributed by atoms with Crippen molar-refractivity contribution in [3.05, 3.63) is 70.2 Å². The number of rotatable bonds is 4. The van der Waals surface area contributed by atoms with Crippen LogP contribution in [0, 0.1) is 17.6 Å². The van der Waals surface area contributed by atoms with Crippen molar-refractivity contribution in [2.24, 2.45) is 5.92 Å². The Hall–Kier alpha value is -3.82. The molecule has 3 aromatic rings. The third kappa shape index (κ3) is 4.52. The Labute approximate surface area is 174 Å². The molecule has 0 aliphatic carbocycles. The summed E-state index contributed by atoms with van der Waals surface area (Å²) in [6.07, 6.45) is 0.827. The van der Waals surface area contributed by atoms with Crippen LogP contribution in [-0.2, 0) is 4.79 Å². The van der Waals surface area contributed by atoms with Gasteiger partial charge in [-0.1, -0.05) is 17.3 Å². The van der Waals surface area contributed by atoms with Gasteiger partial charge in [0.2, 0.25) is 5.91 Å². The normalized spacial score (nSPS) is 14.5. The van der Waals surface area contributed by atoms with Gasteiger partial charge in [0.05, 0.1) is 5.56 Å². The molecule has 1 fully saturated rings. The third-order valence-corrected chi connectivity index (χ3v) is 5.16. The number of hydrogen-bond acceptors (Lipinski definition) is 5. The molecule has 0 spiro atoms. The zero-order valence-corrected chi connectivity index (χ0v) is 16.2. The van der Waals surface area contributed by atoms with Crippen LogP contribution in [0.1, 0.15) is 23.2 Å². The number of benzene rings is 2. The topological polar surface area (TPSA) is 108 Å². The van der Waals surface area contributed by atoms with Crippen LogP contribution in [0.15, 0.2) is 51.8 Å². The van der Waals surface area contributed by atoms with E-state index in [0.717, 1.165) is 12.1 Å². The number of aromatic nitrogens is 2. The highest BCUT2D eigenvalue weighted by atomic mass is 19.1. The standard InChI is InChI=1S/C21H18F2N4O4/c22-14-4-5-16(17(23)11-14)20(29)27-8-6-12(7-9-27)19(28)24-15-3-1-2-13(10-15)18-25-21(30)31-26-18/h1-5,10-12H,6-9H2,(H,24,28)(H,25,26,30). The van der Waals surface area contributed by atoms with Gasteiger partial charge in [0, 0.05) is 36.3 Å². The second kappa shape index (κ2) is 8.50. The fourth-order valence-electron chi connectivity index (χ4n) is 3.52. The summed E-state index contributed by atoms with van der Waals surface area (Å²) in [7, 11) is 0. The minimum atomic E-state index is -0.904. The Morgan fingerprint density at radius 3 is 2.58 bits per heavy atom. The summed E-state index contributed by atoms with van der Waals surface area (Å²) in [5.74, 6) is -3.12. The molecule has 160 valence electrons. The summed E-state index contributed by atoms with van der Waals surface area (Å²) in [5, 5.41) is 6.44. The molecule has 1 aliphatic heterocycles. The van der Waals surface area contributed by atoms with E-state index in [-0.39, 0.29) is 36.3 Å². The van der Waals surface area contributed by atoms with Crippen molar-refractivity contribution in [3.8, 4) is 11.4 Å². The van der Waals surface area contributed by atoms with Crippen molar-refractivity contribution in [2.75, 3.05) is 18.4 Å².